The highest BCUT2D eigenvalue weighted by atomic mass is 35.5. The average molecular weight is 185 g/mol. The Labute approximate surface area is 76.1 Å². The summed E-state index contributed by atoms with van der Waals surface area (Å²) in [5.74, 6) is 0.493. The Bertz CT molecular complexity index is 288. The SMILES string of the molecule is C=C(OCC)c1cncc(Cl)n1. The molecule has 1 rings (SSSR count). The molecule has 1 aromatic rings. The van der Waals surface area contributed by atoms with Crippen LogP contribution in [0.5, 0.6) is 0 Å². The zero-order valence-electron chi connectivity index (χ0n) is 6.75. The van der Waals surface area contributed by atoms with Gasteiger partial charge in [0.2, 0.25) is 0 Å². The van der Waals surface area contributed by atoms with Crippen LogP contribution in [0, 0.1) is 0 Å². The molecule has 0 fully saturated rings. The van der Waals surface area contributed by atoms with Crippen LogP contribution < -0.4 is 0 Å². The zero-order valence-corrected chi connectivity index (χ0v) is 7.51. The van der Waals surface area contributed by atoms with Crippen LogP contribution >= 0.6 is 11.6 Å². The second kappa shape index (κ2) is 4.07. The van der Waals surface area contributed by atoms with Gasteiger partial charge in [-0.05, 0) is 6.92 Å². The minimum atomic E-state index is 0.341. The zero-order chi connectivity index (χ0) is 8.97. The van der Waals surface area contributed by atoms with E-state index < -0.39 is 0 Å². The van der Waals surface area contributed by atoms with Crippen molar-refractivity contribution >= 4 is 17.4 Å². The van der Waals surface area contributed by atoms with E-state index in [2.05, 4.69) is 16.5 Å². The number of hydrogen-bond acceptors (Lipinski definition) is 3. The summed E-state index contributed by atoms with van der Waals surface area (Å²) in [7, 11) is 0. The van der Waals surface area contributed by atoms with Gasteiger partial charge in [0.05, 0.1) is 19.0 Å². The van der Waals surface area contributed by atoms with E-state index in [-0.39, 0.29) is 0 Å². The summed E-state index contributed by atoms with van der Waals surface area (Å²) in [5, 5.41) is 0.341. The lowest BCUT2D eigenvalue weighted by Gasteiger charge is -2.04. The molecule has 0 saturated carbocycles. The lowest BCUT2D eigenvalue weighted by atomic mass is 10.4. The summed E-state index contributed by atoms with van der Waals surface area (Å²) < 4.78 is 5.13. The minimum Gasteiger partial charge on any atom is -0.492 e. The van der Waals surface area contributed by atoms with Crippen LogP contribution in [0.3, 0.4) is 0 Å². The number of halogens is 1. The first-order chi connectivity index (χ1) is 5.74. The first kappa shape index (κ1) is 9.00. The Kier molecular flexibility index (Phi) is 3.05. The lowest BCUT2D eigenvalue weighted by molar-refractivity contribution is 0.297. The summed E-state index contributed by atoms with van der Waals surface area (Å²) in [6.07, 6.45) is 3.02. The summed E-state index contributed by atoms with van der Waals surface area (Å²) in [6.45, 7) is 6.11. The van der Waals surface area contributed by atoms with Crippen LogP contribution in [-0.2, 0) is 4.74 Å². The molecule has 12 heavy (non-hydrogen) atoms. The van der Waals surface area contributed by atoms with Crippen molar-refractivity contribution in [3.05, 3.63) is 29.8 Å². The third-order valence-electron chi connectivity index (χ3n) is 1.21. The largest absolute Gasteiger partial charge is 0.492 e. The van der Waals surface area contributed by atoms with Crippen molar-refractivity contribution in [3.8, 4) is 0 Å². The Balaban J connectivity index is 2.81. The summed E-state index contributed by atoms with van der Waals surface area (Å²) >= 11 is 5.62. The molecule has 4 heteroatoms. The average Bonchev–Trinajstić information content (AvgIpc) is 2.05. The van der Waals surface area contributed by atoms with Crippen molar-refractivity contribution in [2.45, 2.75) is 6.92 Å². The predicted octanol–water partition coefficient (Wildman–Crippen LogP) is 2.14. The number of aromatic nitrogens is 2. The number of nitrogens with zero attached hydrogens (tertiary/aromatic N) is 2. The van der Waals surface area contributed by atoms with Gasteiger partial charge < -0.3 is 4.74 Å². The smallest absolute Gasteiger partial charge is 0.148 e. The highest BCUT2D eigenvalue weighted by molar-refractivity contribution is 6.29. The first-order valence-electron chi connectivity index (χ1n) is 3.53. The Morgan fingerprint density at radius 2 is 2.42 bits per heavy atom. The fourth-order valence-electron chi connectivity index (χ4n) is 0.725. The van der Waals surface area contributed by atoms with E-state index in [9.17, 15) is 0 Å². The molecular formula is C8H9ClN2O. The van der Waals surface area contributed by atoms with Gasteiger partial charge in [0.1, 0.15) is 16.6 Å². The topological polar surface area (TPSA) is 35.0 Å². The van der Waals surface area contributed by atoms with Gasteiger partial charge >= 0.3 is 0 Å². The fourth-order valence-corrected chi connectivity index (χ4v) is 0.872. The van der Waals surface area contributed by atoms with E-state index in [4.69, 9.17) is 16.3 Å². The molecule has 0 unspecified atom stereocenters. The number of ether oxygens (including phenoxy) is 1. The molecule has 0 spiro atoms. The second-order valence-electron chi connectivity index (χ2n) is 2.08. The molecule has 1 heterocycles. The molecule has 0 amide bonds. The summed E-state index contributed by atoms with van der Waals surface area (Å²) in [4.78, 5) is 7.82. The predicted molar refractivity (Wildman–Crippen MR) is 47.7 cm³/mol. The maximum absolute atomic E-state index is 5.62. The molecule has 0 radical (unpaired) electrons. The molecule has 0 aliphatic heterocycles. The third-order valence-corrected chi connectivity index (χ3v) is 1.39. The van der Waals surface area contributed by atoms with Gasteiger partial charge in [-0.25, -0.2) is 4.98 Å². The quantitative estimate of drug-likeness (QED) is 0.676. The third kappa shape index (κ3) is 2.20. The van der Waals surface area contributed by atoms with Gasteiger partial charge in [0.15, 0.2) is 0 Å². The maximum Gasteiger partial charge on any atom is 0.148 e. The molecule has 0 saturated heterocycles. The van der Waals surface area contributed by atoms with Crippen molar-refractivity contribution in [2.24, 2.45) is 0 Å². The van der Waals surface area contributed by atoms with E-state index in [0.717, 1.165) is 0 Å². The number of rotatable bonds is 3. The van der Waals surface area contributed by atoms with Crippen molar-refractivity contribution in [2.75, 3.05) is 6.61 Å². The van der Waals surface area contributed by atoms with Crippen LogP contribution in [0.2, 0.25) is 5.15 Å². The molecule has 0 aromatic carbocycles. The van der Waals surface area contributed by atoms with Crippen LogP contribution in [0.25, 0.3) is 5.76 Å². The molecule has 0 bridgehead atoms. The normalized spacial score (nSPS) is 9.50. The van der Waals surface area contributed by atoms with Crippen LogP contribution in [0.1, 0.15) is 12.6 Å². The number of hydrogen-bond donors (Lipinski definition) is 0. The van der Waals surface area contributed by atoms with E-state index in [1.54, 1.807) is 6.20 Å². The minimum absolute atomic E-state index is 0.341. The standard InChI is InChI=1S/C8H9ClN2O/c1-3-12-6(2)7-4-10-5-8(9)11-7/h4-5H,2-3H2,1H3. The van der Waals surface area contributed by atoms with Crippen LogP contribution in [0.15, 0.2) is 19.0 Å². The van der Waals surface area contributed by atoms with Crippen LogP contribution in [0.4, 0.5) is 0 Å². The molecule has 1 aromatic heterocycles. The lowest BCUT2D eigenvalue weighted by Crippen LogP contribution is -1.94. The van der Waals surface area contributed by atoms with Gasteiger partial charge in [-0.3, -0.25) is 4.98 Å². The molecule has 3 nitrogen and oxygen atoms in total. The molecule has 0 aliphatic carbocycles. The first-order valence-corrected chi connectivity index (χ1v) is 3.91. The van der Waals surface area contributed by atoms with E-state index >= 15 is 0 Å². The molecule has 64 valence electrons. The second-order valence-corrected chi connectivity index (χ2v) is 2.47. The summed E-state index contributed by atoms with van der Waals surface area (Å²) in [6, 6.07) is 0. The molecule has 0 N–H and O–H groups in total. The van der Waals surface area contributed by atoms with E-state index in [1.165, 1.54) is 6.20 Å². The Morgan fingerprint density at radius 3 is 3.00 bits per heavy atom. The Morgan fingerprint density at radius 1 is 1.67 bits per heavy atom. The summed E-state index contributed by atoms with van der Waals surface area (Å²) in [5.41, 5.74) is 0.573. The van der Waals surface area contributed by atoms with Gasteiger partial charge in [0, 0.05) is 0 Å². The molecule has 0 atom stereocenters. The van der Waals surface area contributed by atoms with Crippen molar-refractivity contribution < 1.29 is 4.74 Å². The Hall–Kier alpha value is -1.09. The highest BCUT2D eigenvalue weighted by Crippen LogP contribution is 2.11. The molecule has 0 aliphatic rings. The maximum atomic E-state index is 5.62. The fraction of sp³-hybridized carbons (Fsp3) is 0.250. The molecular weight excluding hydrogens is 176 g/mol. The van der Waals surface area contributed by atoms with Gasteiger partial charge in [-0.1, -0.05) is 18.2 Å². The van der Waals surface area contributed by atoms with Crippen molar-refractivity contribution in [3.63, 3.8) is 0 Å². The van der Waals surface area contributed by atoms with E-state index in [0.29, 0.717) is 23.2 Å². The van der Waals surface area contributed by atoms with Crippen LogP contribution in [-0.4, -0.2) is 16.6 Å². The van der Waals surface area contributed by atoms with E-state index in [1.807, 2.05) is 6.92 Å². The highest BCUT2D eigenvalue weighted by Gasteiger charge is 2.01. The van der Waals surface area contributed by atoms with Gasteiger partial charge in [-0.15, -0.1) is 0 Å². The van der Waals surface area contributed by atoms with Crippen molar-refractivity contribution in [1.82, 2.24) is 9.97 Å². The monoisotopic (exact) mass is 184 g/mol. The van der Waals surface area contributed by atoms with Gasteiger partial charge in [0.25, 0.3) is 0 Å². The van der Waals surface area contributed by atoms with Gasteiger partial charge in [-0.2, -0.15) is 0 Å². The van der Waals surface area contributed by atoms with Crippen molar-refractivity contribution in [1.29, 1.82) is 0 Å².